The standard InChI is InChI=1S/C31H31NO5/c1-19(2)18-37-25-13-8-21(9-14-25)28-27(29(33)23-10-15-26-22(17-23)5-4-16-36-26)30(34)31(35)32(28)24-11-6-20(3)7-12-24/h6-15,17,19,28,33H,4-5,16,18H2,1-3H3/b29-27-. The minimum Gasteiger partial charge on any atom is -0.507 e. The first-order valence-electron chi connectivity index (χ1n) is 12.7. The monoisotopic (exact) mass is 497 g/mol. The maximum atomic E-state index is 13.4. The summed E-state index contributed by atoms with van der Waals surface area (Å²) in [5.41, 5.74) is 3.88. The van der Waals surface area contributed by atoms with Gasteiger partial charge in [-0.2, -0.15) is 0 Å². The van der Waals surface area contributed by atoms with Crippen LogP contribution in [0.5, 0.6) is 11.5 Å². The van der Waals surface area contributed by atoms with Gasteiger partial charge in [-0.3, -0.25) is 14.5 Å². The number of aliphatic hydroxyl groups is 1. The van der Waals surface area contributed by atoms with Crippen molar-refractivity contribution in [1.29, 1.82) is 0 Å². The molecular formula is C31H31NO5. The molecule has 3 aromatic rings. The van der Waals surface area contributed by atoms with Gasteiger partial charge in [-0.1, -0.05) is 43.7 Å². The molecule has 6 heteroatoms. The van der Waals surface area contributed by atoms with Crippen molar-refractivity contribution in [2.75, 3.05) is 18.1 Å². The van der Waals surface area contributed by atoms with Gasteiger partial charge in [0.05, 0.1) is 24.8 Å². The molecule has 0 aromatic heterocycles. The van der Waals surface area contributed by atoms with Crippen molar-refractivity contribution in [3.05, 3.63) is 94.6 Å². The number of aliphatic hydroxyl groups excluding tert-OH is 1. The first-order chi connectivity index (χ1) is 17.8. The minimum atomic E-state index is -0.783. The highest BCUT2D eigenvalue weighted by Crippen LogP contribution is 2.43. The smallest absolute Gasteiger partial charge is 0.300 e. The van der Waals surface area contributed by atoms with Crippen LogP contribution in [0.4, 0.5) is 5.69 Å². The summed E-state index contributed by atoms with van der Waals surface area (Å²) in [4.78, 5) is 28.3. The van der Waals surface area contributed by atoms with E-state index in [0.29, 0.717) is 41.7 Å². The van der Waals surface area contributed by atoms with E-state index in [0.717, 1.165) is 29.7 Å². The normalized spacial score (nSPS) is 18.6. The van der Waals surface area contributed by atoms with E-state index in [-0.39, 0.29) is 11.3 Å². The second-order valence-corrected chi connectivity index (χ2v) is 10.1. The molecule has 2 aliphatic heterocycles. The molecule has 0 radical (unpaired) electrons. The zero-order chi connectivity index (χ0) is 26.1. The van der Waals surface area contributed by atoms with E-state index >= 15 is 0 Å². The third kappa shape index (κ3) is 4.84. The number of hydrogen-bond donors (Lipinski definition) is 1. The number of hydrogen-bond acceptors (Lipinski definition) is 5. The van der Waals surface area contributed by atoms with Crippen molar-refractivity contribution in [3.8, 4) is 11.5 Å². The third-order valence-electron chi connectivity index (χ3n) is 6.72. The number of benzene rings is 3. The predicted octanol–water partition coefficient (Wildman–Crippen LogP) is 5.98. The predicted molar refractivity (Wildman–Crippen MR) is 143 cm³/mol. The van der Waals surface area contributed by atoms with E-state index in [1.165, 1.54) is 4.90 Å². The molecule has 37 heavy (non-hydrogen) atoms. The van der Waals surface area contributed by atoms with E-state index in [9.17, 15) is 14.7 Å². The number of aryl methyl sites for hydroxylation is 2. The Bertz CT molecular complexity index is 1360. The average Bonchev–Trinajstić information content (AvgIpc) is 3.17. The average molecular weight is 498 g/mol. The number of fused-ring (bicyclic) bond motifs is 1. The SMILES string of the molecule is Cc1ccc(N2C(=O)C(=O)/C(=C(\O)c3ccc4c(c3)CCCO4)C2c2ccc(OCC(C)C)cc2)cc1. The van der Waals surface area contributed by atoms with Crippen LogP contribution in [0.2, 0.25) is 0 Å². The fourth-order valence-corrected chi connectivity index (χ4v) is 4.79. The van der Waals surface area contributed by atoms with Gasteiger partial charge in [0, 0.05) is 11.3 Å². The quantitative estimate of drug-likeness (QED) is 0.258. The van der Waals surface area contributed by atoms with E-state index in [2.05, 4.69) is 13.8 Å². The van der Waals surface area contributed by atoms with Crippen LogP contribution in [-0.2, 0) is 16.0 Å². The Morgan fingerprint density at radius 3 is 2.49 bits per heavy atom. The molecule has 1 amide bonds. The Morgan fingerprint density at radius 1 is 1.05 bits per heavy atom. The molecule has 1 saturated heterocycles. The number of amides is 1. The molecule has 0 bridgehead atoms. The van der Waals surface area contributed by atoms with Crippen LogP contribution in [-0.4, -0.2) is 30.0 Å². The van der Waals surface area contributed by atoms with Gasteiger partial charge in [0.25, 0.3) is 11.7 Å². The molecule has 1 fully saturated rings. The molecule has 2 aliphatic rings. The number of ketones is 1. The Morgan fingerprint density at radius 2 is 1.78 bits per heavy atom. The number of carbonyl (C=O) groups excluding carboxylic acids is 2. The topological polar surface area (TPSA) is 76.1 Å². The number of rotatable bonds is 6. The number of ether oxygens (including phenoxy) is 2. The van der Waals surface area contributed by atoms with Crippen molar-refractivity contribution in [3.63, 3.8) is 0 Å². The fourth-order valence-electron chi connectivity index (χ4n) is 4.79. The molecule has 0 saturated carbocycles. The number of Topliss-reactive ketones (excluding diaryl/α,β-unsaturated/α-hetero) is 1. The van der Waals surface area contributed by atoms with Gasteiger partial charge in [-0.25, -0.2) is 0 Å². The molecule has 5 rings (SSSR count). The van der Waals surface area contributed by atoms with Crippen LogP contribution >= 0.6 is 0 Å². The summed E-state index contributed by atoms with van der Waals surface area (Å²) in [6.45, 7) is 7.37. The van der Waals surface area contributed by atoms with Crippen molar-refractivity contribution >= 4 is 23.1 Å². The number of anilines is 1. The van der Waals surface area contributed by atoms with Crippen LogP contribution < -0.4 is 14.4 Å². The van der Waals surface area contributed by atoms with Gasteiger partial charge >= 0.3 is 0 Å². The van der Waals surface area contributed by atoms with Crippen LogP contribution in [0.1, 0.15) is 48.6 Å². The number of nitrogens with zero attached hydrogens (tertiary/aromatic N) is 1. The van der Waals surface area contributed by atoms with Gasteiger partial charge < -0.3 is 14.6 Å². The van der Waals surface area contributed by atoms with Crippen molar-refractivity contribution in [2.24, 2.45) is 5.92 Å². The molecule has 1 N–H and O–H groups in total. The summed E-state index contributed by atoms with van der Waals surface area (Å²) in [6, 6.07) is 19.4. The molecule has 190 valence electrons. The van der Waals surface area contributed by atoms with E-state index in [4.69, 9.17) is 9.47 Å². The lowest BCUT2D eigenvalue weighted by atomic mass is 9.93. The molecule has 2 heterocycles. The van der Waals surface area contributed by atoms with Crippen LogP contribution in [0.3, 0.4) is 0 Å². The van der Waals surface area contributed by atoms with Crippen LogP contribution in [0, 0.1) is 12.8 Å². The van der Waals surface area contributed by atoms with Crippen LogP contribution in [0.25, 0.3) is 5.76 Å². The zero-order valence-corrected chi connectivity index (χ0v) is 21.4. The van der Waals surface area contributed by atoms with E-state index in [1.807, 2.05) is 67.6 Å². The Labute approximate surface area is 217 Å². The second-order valence-electron chi connectivity index (χ2n) is 10.1. The van der Waals surface area contributed by atoms with Gasteiger partial charge in [-0.15, -0.1) is 0 Å². The van der Waals surface area contributed by atoms with Crippen LogP contribution in [0.15, 0.2) is 72.3 Å². The summed E-state index contributed by atoms with van der Waals surface area (Å²) in [5, 5.41) is 11.5. The molecule has 0 aliphatic carbocycles. The third-order valence-corrected chi connectivity index (χ3v) is 6.72. The lowest BCUT2D eigenvalue weighted by Gasteiger charge is -2.26. The summed E-state index contributed by atoms with van der Waals surface area (Å²) in [5.74, 6) is 0.312. The van der Waals surface area contributed by atoms with Gasteiger partial charge in [-0.05, 0) is 79.3 Å². The minimum absolute atomic E-state index is 0.0677. The van der Waals surface area contributed by atoms with Gasteiger partial charge in [0.2, 0.25) is 0 Å². The number of carbonyl (C=O) groups is 2. The Kier molecular flexibility index (Phi) is 6.74. The zero-order valence-electron chi connectivity index (χ0n) is 21.4. The van der Waals surface area contributed by atoms with Crippen molar-refractivity contribution in [1.82, 2.24) is 0 Å². The van der Waals surface area contributed by atoms with Crippen molar-refractivity contribution < 1.29 is 24.2 Å². The summed E-state index contributed by atoms with van der Waals surface area (Å²) >= 11 is 0. The highest BCUT2D eigenvalue weighted by molar-refractivity contribution is 6.51. The van der Waals surface area contributed by atoms with Gasteiger partial charge in [0.15, 0.2) is 0 Å². The summed E-state index contributed by atoms with van der Waals surface area (Å²) in [6.07, 6.45) is 1.72. The maximum absolute atomic E-state index is 13.4. The largest absolute Gasteiger partial charge is 0.507 e. The molecule has 3 aromatic carbocycles. The Hall–Kier alpha value is -4.06. The lowest BCUT2D eigenvalue weighted by molar-refractivity contribution is -0.132. The highest BCUT2D eigenvalue weighted by Gasteiger charge is 2.47. The van der Waals surface area contributed by atoms with Crippen molar-refractivity contribution in [2.45, 2.75) is 39.7 Å². The molecule has 1 unspecified atom stereocenters. The molecular weight excluding hydrogens is 466 g/mol. The Balaban J connectivity index is 1.61. The fraction of sp³-hybridized carbons (Fsp3) is 0.290. The lowest BCUT2D eigenvalue weighted by Crippen LogP contribution is -2.29. The maximum Gasteiger partial charge on any atom is 0.300 e. The summed E-state index contributed by atoms with van der Waals surface area (Å²) < 4.78 is 11.5. The second kappa shape index (κ2) is 10.1. The summed E-state index contributed by atoms with van der Waals surface area (Å²) in [7, 11) is 0. The first kappa shape index (κ1) is 24.6. The molecule has 6 nitrogen and oxygen atoms in total. The highest BCUT2D eigenvalue weighted by atomic mass is 16.5. The van der Waals surface area contributed by atoms with E-state index in [1.54, 1.807) is 6.07 Å². The first-order valence-corrected chi connectivity index (χ1v) is 12.7. The van der Waals surface area contributed by atoms with Gasteiger partial charge in [0.1, 0.15) is 17.3 Å². The molecule has 1 atom stereocenters. The van der Waals surface area contributed by atoms with E-state index < -0.39 is 17.7 Å². The molecule has 0 spiro atoms.